The molecule has 1 heterocycles. The lowest BCUT2D eigenvalue weighted by atomic mass is 9.94. The summed E-state index contributed by atoms with van der Waals surface area (Å²) >= 11 is 0. The van der Waals surface area contributed by atoms with E-state index in [1.165, 1.54) is 33.0 Å². The molecule has 10 aromatic rings. The van der Waals surface area contributed by atoms with Crippen molar-refractivity contribution in [2.24, 2.45) is 0 Å². The van der Waals surface area contributed by atoms with Crippen LogP contribution in [0.1, 0.15) is 0 Å². The molecule has 0 aliphatic rings. The molecule has 0 atom stereocenters. The van der Waals surface area contributed by atoms with Gasteiger partial charge in [-0.1, -0.05) is 158 Å². The van der Waals surface area contributed by atoms with E-state index in [0.717, 1.165) is 61.3 Å². The molecular formula is C52H35NO. The van der Waals surface area contributed by atoms with Gasteiger partial charge in [0, 0.05) is 27.7 Å². The molecule has 2 nitrogen and oxygen atoms in total. The third-order valence-corrected chi connectivity index (χ3v) is 10.5. The fourth-order valence-corrected chi connectivity index (χ4v) is 7.81. The van der Waals surface area contributed by atoms with E-state index in [1.807, 2.05) is 12.1 Å². The standard InChI is InChI=1S/C52H35NO/c1-2-12-36(13-3-1)37-24-29-43(30-25-37)53(44-31-26-38(27-32-44)40-28-33-49-48-20-7-9-23-51(48)54-52(49)35-40)50-22-8-6-19-47(50)42-17-10-16-41(34-42)46-21-11-15-39-14-4-5-18-45(39)46/h1-35H. The Bertz CT molecular complexity index is 2920. The highest BCUT2D eigenvalue weighted by molar-refractivity contribution is 6.06. The van der Waals surface area contributed by atoms with E-state index in [2.05, 4.69) is 205 Å². The normalized spacial score (nSPS) is 11.3. The van der Waals surface area contributed by atoms with Gasteiger partial charge in [0.2, 0.25) is 0 Å². The summed E-state index contributed by atoms with van der Waals surface area (Å²) in [6.07, 6.45) is 0. The van der Waals surface area contributed by atoms with Crippen LogP contribution in [0, 0.1) is 0 Å². The first-order valence-corrected chi connectivity index (χ1v) is 18.4. The number of nitrogens with zero attached hydrogens (tertiary/aromatic N) is 1. The van der Waals surface area contributed by atoms with Crippen molar-refractivity contribution in [2.75, 3.05) is 4.90 Å². The average Bonchev–Trinajstić information content (AvgIpc) is 3.63. The van der Waals surface area contributed by atoms with Crippen molar-refractivity contribution >= 4 is 49.8 Å². The van der Waals surface area contributed by atoms with Gasteiger partial charge in [0.05, 0.1) is 5.69 Å². The fourth-order valence-electron chi connectivity index (χ4n) is 7.81. The number of para-hydroxylation sites is 2. The SMILES string of the molecule is c1ccc(-c2ccc(N(c3ccc(-c4ccc5c(c4)oc4ccccc45)cc3)c3ccccc3-c3cccc(-c4cccc5ccccc45)c3)cc2)cc1. The summed E-state index contributed by atoms with van der Waals surface area (Å²) in [5, 5.41) is 4.78. The first-order chi connectivity index (χ1) is 26.8. The molecule has 254 valence electrons. The lowest BCUT2D eigenvalue weighted by Gasteiger charge is -2.28. The molecule has 0 fully saturated rings. The van der Waals surface area contributed by atoms with Crippen LogP contribution in [-0.2, 0) is 0 Å². The molecular weight excluding hydrogens is 655 g/mol. The van der Waals surface area contributed by atoms with E-state index >= 15 is 0 Å². The molecule has 0 unspecified atom stereocenters. The topological polar surface area (TPSA) is 16.4 Å². The molecule has 0 saturated carbocycles. The van der Waals surface area contributed by atoms with Crippen LogP contribution in [0.3, 0.4) is 0 Å². The van der Waals surface area contributed by atoms with Crippen LogP contribution < -0.4 is 4.90 Å². The molecule has 0 radical (unpaired) electrons. The van der Waals surface area contributed by atoms with Gasteiger partial charge in [0.15, 0.2) is 0 Å². The molecule has 0 N–H and O–H groups in total. The van der Waals surface area contributed by atoms with E-state index in [-0.39, 0.29) is 0 Å². The molecule has 0 spiro atoms. The van der Waals surface area contributed by atoms with Gasteiger partial charge < -0.3 is 9.32 Å². The van der Waals surface area contributed by atoms with E-state index in [9.17, 15) is 0 Å². The lowest BCUT2D eigenvalue weighted by Crippen LogP contribution is -2.11. The highest BCUT2D eigenvalue weighted by Crippen LogP contribution is 2.43. The molecule has 10 rings (SSSR count). The van der Waals surface area contributed by atoms with Gasteiger partial charge in [-0.05, 0) is 104 Å². The predicted molar refractivity (Wildman–Crippen MR) is 228 cm³/mol. The van der Waals surface area contributed by atoms with Crippen molar-refractivity contribution in [1.82, 2.24) is 0 Å². The van der Waals surface area contributed by atoms with E-state index in [1.54, 1.807) is 0 Å². The van der Waals surface area contributed by atoms with Gasteiger partial charge >= 0.3 is 0 Å². The van der Waals surface area contributed by atoms with E-state index < -0.39 is 0 Å². The van der Waals surface area contributed by atoms with Crippen molar-refractivity contribution < 1.29 is 4.42 Å². The highest BCUT2D eigenvalue weighted by atomic mass is 16.3. The smallest absolute Gasteiger partial charge is 0.136 e. The Morgan fingerprint density at radius 3 is 1.61 bits per heavy atom. The Kier molecular flexibility index (Phi) is 7.85. The molecule has 0 saturated heterocycles. The third kappa shape index (κ3) is 5.71. The number of furan rings is 1. The number of benzene rings is 9. The summed E-state index contributed by atoms with van der Waals surface area (Å²) in [6.45, 7) is 0. The van der Waals surface area contributed by atoms with Crippen molar-refractivity contribution in [3.8, 4) is 44.5 Å². The van der Waals surface area contributed by atoms with Crippen LogP contribution in [-0.4, -0.2) is 0 Å². The minimum absolute atomic E-state index is 0.901. The van der Waals surface area contributed by atoms with Gasteiger partial charge in [0.25, 0.3) is 0 Å². The fraction of sp³-hybridized carbons (Fsp3) is 0. The maximum atomic E-state index is 6.24. The Balaban J connectivity index is 1.08. The van der Waals surface area contributed by atoms with Crippen molar-refractivity contribution in [2.45, 2.75) is 0 Å². The summed E-state index contributed by atoms with van der Waals surface area (Å²) in [6, 6.07) is 76.0. The van der Waals surface area contributed by atoms with Crippen molar-refractivity contribution in [3.05, 3.63) is 212 Å². The minimum atomic E-state index is 0.901. The lowest BCUT2D eigenvalue weighted by molar-refractivity contribution is 0.669. The van der Waals surface area contributed by atoms with E-state index in [4.69, 9.17) is 4.42 Å². The number of hydrogen-bond acceptors (Lipinski definition) is 2. The third-order valence-electron chi connectivity index (χ3n) is 10.5. The van der Waals surface area contributed by atoms with Gasteiger partial charge in [-0.2, -0.15) is 0 Å². The predicted octanol–water partition coefficient (Wildman–Crippen LogP) is 14.9. The summed E-state index contributed by atoms with van der Waals surface area (Å²) in [5.74, 6) is 0. The second-order valence-electron chi connectivity index (χ2n) is 13.7. The molecule has 0 aliphatic carbocycles. The van der Waals surface area contributed by atoms with Gasteiger partial charge in [0.1, 0.15) is 11.2 Å². The molecule has 9 aromatic carbocycles. The highest BCUT2D eigenvalue weighted by Gasteiger charge is 2.18. The molecule has 0 amide bonds. The molecule has 1 aromatic heterocycles. The van der Waals surface area contributed by atoms with Gasteiger partial charge in [-0.15, -0.1) is 0 Å². The van der Waals surface area contributed by atoms with Crippen LogP contribution >= 0.6 is 0 Å². The molecule has 0 bridgehead atoms. The Hall–Kier alpha value is -7.16. The summed E-state index contributed by atoms with van der Waals surface area (Å²) in [7, 11) is 0. The zero-order valence-corrected chi connectivity index (χ0v) is 29.6. The Morgan fingerprint density at radius 1 is 0.296 bits per heavy atom. The quantitative estimate of drug-likeness (QED) is 0.166. The van der Waals surface area contributed by atoms with Gasteiger partial charge in [-0.25, -0.2) is 0 Å². The maximum absolute atomic E-state index is 6.24. The van der Waals surface area contributed by atoms with Crippen LogP contribution in [0.5, 0.6) is 0 Å². The van der Waals surface area contributed by atoms with Crippen molar-refractivity contribution in [3.63, 3.8) is 0 Å². The van der Waals surface area contributed by atoms with Crippen LogP contribution in [0.2, 0.25) is 0 Å². The van der Waals surface area contributed by atoms with E-state index in [0.29, 0.717) is 0 Å². The van der Waals surface area contributed by atoms with Crippen LogP contribution in [0.25, 0.3) is 77.2 Å². The van der Waals surface area contributed by atoms with Gasteiger partial charge in [-0.3, -0.25) is 0 Å². The number of fused-ring (bicyclic) bond motifs is 4. The minimum Gasteiger partial charge on any atom is -0.456 e. The first kappa shape index (κ1) is 31.6. The largest absolute Gasteiger partial charge is 0.456 e. The number of rotatable bonds is 7. The summed E-state index contributed by atoms with van der Waals surface area (Å²) < 4.78 is 6.24. The average molecular weight is 690 g/mol. The zero-order chi connectivity index (χ0) is 35.8. The maximum Gasteiger partial charge on any atom is 0.136 e. The second-order valence-corrected chi connectivity index (χ2v) is 13.7. The first-order valence-electron chi connectivity index (χ1n) is 18.4. The Labute approximate surface area is 314 Å². The Morgan fingerprint density at radius 2 is 0.815 bits per heavy atom. The van der Waals surface area contributed by atoms with Crippen LogP contribution in [0.15, 0.2) is 217 Å². The van der Waals surface area contributed by atoms with Crippen LogP contribution in [0.4, 0.5) is 17.1 Å². The zero-order valence-electron chi connectivity index (χ0n) is 29.6. The molecule has 54 heavy (non-hydrogen) atoms. The number of hydrogen-bond donors (Lipinski definition) is 0. The summed E-state index contributed by atoms with van der Waals surface area (Å²) in [4.78, 5) is 2.38. The molecule has 0 aliphatic heterocycles. The number of anilines is 3. The second kappa shape index (κ2) is 13.4. The monoisotopic (exact) mass is 689 g/mol. The van der Waals surface area contributed by atoms with Crippen molar-refractivity contribution in [1.29, 1.82) is 0 Å². The molecule has 2 heteroatoms. The summed E-state index contributed by atoms with van der Waals surface area (Å²) in [5.41, 5.74) is 14.5.